The van der Waals surface area contributed by atoms with Crippen molar-refractivity contribution in [2.75, 3.05) is 19.8 Å². The van der Waals surface area contributed by atoms with E-state index in [4.69, 9.17) is 9.72 Å². The number of benzene rings is 1. The van der Waals surface area contributed by atoms with Crippen LogP contribution in [-0.2, 0) is 11.8 Å². The van der Waals surface area contributed by atoms with Gasteiger partial charge in [0.2, 0.25) is 0 Å². The van der Waals surface area contributed by atoms with E-state index < -0.39 is 0 Å². The molecule has 7 heteroatoms. The predicted molar refractivity (Wildman–Crippen MR) is 95.4 cm³/mol. The summed E-state index contributed by atoms with van der Waals surface area (Å²) in [6.45, 7) is 1.53. The lowest BCUT2D eigenvalue weighted by molar-refractivity contribution is -0.00405. The van der Waals surface area contributed by atoms with Crippen LogP contribution in [0.3, 0.4) is 0 Å². The summed E-state index contributed by atoms with van der Waals surface area (Å²) in [5, 5.41) is 7.20. The van der Waals surface area contributed by atoms with Crippen LogP contribution in [0.4, 0.5) is 0 Å². The molecule has 0 radical (unpaired) electrons. The minimum absolute atomic E-state index is 0.0804. The van der Waals surface area contributed by atoms with E-state index in [0.717, 1.165) is 16.3 Å². The lowest BCUT2D eigenvalue weighted by Crippen LogP contribution is -2.43. The molecule has 1 atom stereocenters. The Kier molecular flexibility index (Phi) is 4.33. The second kappa shape index (κ2) is 6.78. The molecular weight excluding hydrogens is 336 g/mol. The van der Waals surface area contributed by atoms with Crippen molar-refractivity contribution in [3.63, 3.8) is 0 Å². The van der Waals surface area contributed by atoms with Crippen LogP contribution in [0.15, 0.2) is 48.0 Å². The number of aromatic nitrogens is 3. The van der Waals surface area contributed by atoms with Crippen molar-refractivity contribution in [2.45, 2.75) is 6.04 Å². The first kappa shape index (κ1) is 16.0. The number of carbonyl (C=O) groups is 1. The van der Waals surface area contributed by atoms with Crippen molar-refractivity contribution in [3.05, 3.63) is 59.4 Å². The molecule has 1 aromatic carbocycles. The normalized spacial score (nSPS) is 17.6. The highest BCUT2D eigenvalue weighted by molar-refractivity contribution is 7.13. The van der Waals surface area contributed by atoms with E-state index in [9.17, 15) is 4.79 Å². The van der Waals surface area contributed by atoms with Crippen LogP contribution in [0.2, 0.25) is 0 Å². The maximum atomic E-state index is 12.8. The summed E-state index contributed by atoms with van der Waals surface area (Å²) in [4.78, 5) is 19.4. The van der Waals surface area contributed by atoms with Gasteiger partial charge < -0.3 is 9.64 Å². The van der Waals surface area contributed by atoms with Crippen LogP contribution in [0.25, 0.3) is 10.6 Å². The molecule has 6 nitrogen and oxygen atoms in total. The summed E-state index contributed by atoms with van der Waals surface area (Å²) in [5.41, 5.74) is 2.40. The second-order valence-electron chi connectivity index (χ2n) is 5.91. The second-order valence-corrected chi connectivity index (χ2v) is 6.77. The zero-order valence-electron chi connectivity index (χ0n) is 13.8. The van der Waals surface area contributed by atoms with Gasteiger partial charge in [0.25, 0.3) is 5.91 Å². The smallest absolute Gasteiger partial charge is 0.275 e. The van der Waals surface area contributed by atoms with E-state index in [2.05, 4.69) is 5.10 Å². The third kappa shape index (κ3) is 3.20. The summed E-state index contributed by atoms with van der Waals surface area (Å²) >= 11 is 1.59. The van der Waals surface area contributed by atoms with E-state index >= 15 is 0 Å². The van der Waals surface area contributed by atoms with Gasteiger partial charge in [0, 0.05) is 30.7 Å². The first-order valence-electron chi connectivity index (χ1n) is 8.11. The zero-order valence-corrected chi connectivity index (χ0v) is 14.6. The SMILES string of the molecule is Cn1ccc(C(=O)N2CCOCC2c2csc(-c3ccccc3)n2)n1. The molecule has 0 N–H and O–H groups in total. The summed E-state index contributed by atoms with van der Waals surface area (Å²) < 4.78 is 7.26. The standard InChI is InChI=1S/C18H18N4O2S/c1-21-8-7-14(20-21)18(23)22-9-10-24-11-16(22)15-12-25-17(19-15)13-5-3-2-4-6-13/h2-8,12,16H,9-11H2,1H3. The summed E-state index contributed by atoms with van der Waals surface area (Å²) in [6.07, 6.45) is 1.78. The Bertz CT molecular complexity index is 874. The van der Waals surface area contributed by atoms with Crippen LogP contribution in [-0.4, -0.2) is 45.3 Å². The van der Waals surface area contributed by atoms with Crippen LogP contribution < -0.4 is 0 Å². The van der Waals surface area contributed by atoms with E-state index in [-0.39, 0.29) is 11.9 Å². The van der Waals surface area contributed by atoms with Crippen LogP contribution in [0, 0.1) is 0 Å². The van der Waals surface area contributed by atoms with Crippen molar-refractivity contribution in [1.29, 1.82) is 0 Å². The topological polar surface area (TPSA) is 60.2 Å². The number of hydrogen-bond acceptors (Lipinski definition) is 5. The molecule has 1 unspecified atom stereocenters. The number of thiazole rings is 1. The van der Waals surface area contributed by atoms with Crippen molar-refractivity contribution < 1.29 is 9.53 Å². The summed E-state index contributed by atoms with van der Waals surface area (Å²) in [6, 6.07) is 11.6. The third-order valence-electron chi connectivity index (χ3n) is 4.21. The molecule has 0 bridgehead atoms. The maximum Gasteiger partial charge on any atom is 0.275 e. The van der Waals surface area contributed by atoms with Crippen LogP contribution in [0.5, 0.6) is 0 Å². The van der Waals surface area contributed by atoms with Gasteiger partial charge >= 0.3 is 0 Å². The monoisotopic (exact) mass is 354 g/mol. The largest absolute Gasteiger partial charge is 0.377 e. The van der Waals surface area contributed by atoms with Crippen LogP contribution >= 0.6 is 11.3 Å². The number of morpholine rings is 1. The molecule has 128 valence electrons. The Morgan fingerprint density at radius 1 is 1.28 bits per heavy atom. The fourth-order valence-electron chi connectivity index (χ4n) is 2.92. The van der Waals surface area contributed by atoms with E-state index in [1.165, 1.54) is 0 Å². The molecule has 1 fully saturated rings. The number of ether oxygens (including phenoxy) is 1. The van der Waals surface area contributed by atoms with Gasteiger partial charge in [-0.05, 0) is 6.07 Å². The Hall–Kier alpha value is -2.51. The molecule has 0 spiro atoms. The Balaban J connectivity index is 1.61. The molecule has 3 aromatic rings. The molecule has 25 heavy (non-hydrogen) atoms. The first-order chi connectivity index (χ1) is 12.2. The molecular formula is C18H18N4O2S. The number of hydrogen-bond donors (Lipinski definition) is 0. The lowest BCUT2D eigenvalue weighted by Gasteiger charge is -2.34. The van der Waals surface area contributed by atoms with E-state index in [1.807, 2.05) is 40.6 Å². The van der Waals surface area contributed by atoms with E-state index in [1.54, 1.807) is 35.3 Å². The minimum atomic E-state index is -0.183. The molecule has 3 heterocycles. The summed E-state index contributed by atoms with van der Waals surface area (Å²) in [7, 11) is 1.81. The van der Waals surface area contributed by atoms with Gasteiger partial charge in [-0.3, -0.25) is 9.48 Å². The molecule has 0 aliphatic carbocycles. The number of aryl methyl sites for hydroxylation is 1. The minimum Gasteiger partial charge on any atom is -0.377 e. The Labute approximate surface area is 149 Å². The van der Waals surface area contributed by atoms with Crippen LogP contribution in [0.1, 0.15) is 22.2 Å². The molecule has 1 aliphatic rings. The van der Waals surface area contributed by atoms with Gasteiger partial charge in [-0.25, -0.2) is 4.98 Å². The first-order valence-corrected chi connectivity index (χ1v) is 8.99. The highest BCUT2D eigenvalue weighted by Gasteiger charge is 2.32. The Morgan fingerprint density at radius 3 is 2.88 bits per heavy atom. The summed E-state index contributed by atoms with van der Waals surface area (Å²) in [5.74, 6) is -0.0804. The Morgan fingerprint density at radius 2 is 2.12 bits per heavy atom. The quantitative estimate of drug-likeness (QED) is 0.726. The molecule has 2 aromatic heterocycles. The van der Waals surface area contributed by atoms with Crippen molar-refractivity contribution in [3.8, 4) is 10.6 Å². The van der Waals surface area contributed by atoms with Gasteiger partial charge in [-0.1, -0.05) is 30.3 Å². The number of carbonyl (C=O) groups excluding carboxylic acids is 1. The number of amides is 1. The fraction of sp³-hybridized carbons (Fsp3) is 0.278. The number of nitrogens with zero attached hydrogens (tertiary/aromatic N) is 4. The highest BCUT2D eigenvalue weighted by Crippen LogP contribution is 2.30. The van der Waals surface area contributed by atoms with Gasteiger partial charge in [-0.15, -0.1) is 11.3 Å². The number of rotatable bonds is 3. The van der Waals surface area contributed by atoms with Gasteiger partial charge in [-0.2, -0.15) is 5.10 Å². The zero-order chi connectivity index (χ0) is 17.2. The predicted octanol–water partition coefficient (Wildman–Crippen LogP) is 2.76. The van der Waals surface area contributed by atoms with E-state index in [0.29, 0.717) is 25.5 Å². The maximum absolute atomic E-state index is 12.8. The average molecular weight is 354 g/mol. The molecule has 1 amide bonds. The average Bonchev–Trinajstić information content (AvgIpc) is 3.31. The van der Waals surface area contributed by atoms with Gasteiger partial charge in [0.1, 0.15) is 10.7 Å². The molecule has 1 saturated heterocycles. The third-order valence-corrected chi connectivity index (χ3v) is 5.12. The van der Waals surface area contributed by atoms with Crippen molar-refractivity contribution in [2.24, 2.45) is 7.05 Å². The molecule has 0 saturated carbocycles. The van der Waals surface area contributed by atoms with Gasteiger partial charge in [0.05, 0.1) is 24.9 Å². The molecule has 4 rings (SSSR count). The highest BCUT2D eigenvalue weighted by atomic mass is 32.1. The van der Waals surface area contributed by atoms with Gasteiger partial charge in [0.15, 0.2) is 0 Å². The van der Waals surface area contributed by atoms with Crippen molar-refractivity contribution >= 4 is 17.2 Å². The fourth-order valence-corrected chi connectivity index (χ4v) is 3.79. The molecule has 1 aliphatic heterocycles. The van der Waals surface area contributed by atoms with Crippen molar-refractivity contribution in [1.82, 2.24) is 19.7 Å². The lowest BCUT2D eigenvalue weighted by atomic mass is 10.1.